The molecule has 0 aliphatic heterocycles. The first-order valence-corrected chi connectivity index (χ1v) is 6.91. The van der Waals surface area contributed by atoms with Gasteiger partial charge < -0.3 is 14.5 Å². The zero-order chi connectivity index (χ0) is 14.4. The van der Waals surface area contributed by atoms with Crippen LogP contribution in [-0.2, 0) is 6.42 Å². The fraction of sp³-hybridized carbons (Fsp3) is 0.467. The number of ether oxygens (including phenoxy) is 1. The Morgan fingerprint density at radius 1 is 1.35 bits per heavy atom. The van der Waals surface area contributed by atoms with Gasteiger partial charge in [-0.25, -0.2) is 0 Å². The van der Waals surface area contributed by atoms with Crippen molar-refractivity contribution in [2.45, 2.75) is 32.7 Å². The molecule has 0 aliphatic carbocycles. The smallest absolute Gasteiger partial charge is 0.233 e. The van der Waals surface area contributed by atoms with Crippen molar-refractivity contribution in [1.82, 2.24) is 15.5 Å². The highest BCUT2D eigenvalue weighted by Gasteiger charge is 2.13. The van der Waals surface area contributed by atoms with E-state index < -0.39 is 0 Å². The molecule has 1 heterocycles. The molecule has 108 valence electrons. The van der Waals surface area contributed by atoms with Gasteiger partial charge in [0, 0.05) is 0 Å². The molecule has 1 unspecified atom stereocenters. The second-order valence-electron chi connectivity index (χ2n) is 4.74. The zero-order valence-electron chi connectivity index (χ0n) is 12.2. The molecule has 0 saturated heterocycles. The van der Waals surface area contributed by atoms with Crippen LogP contribution < -0.4 is 10.1 Å². The highest BCUT2D eigenvalue weighted by molar-refractivity contribution is 5.29. The van der Waals surface area contributed by atoms with Crippen molar-refractivity contribution in [1.29, 1.82) is 0 Å². The molecule has 20 heavy (non-hydrogen) atoms. The van der Waals surface area contributed by atoms with Gasteiger partial charge in [0.2, 0.25) is 11.8 Å². The Labute approximate surface area is 119 Å². The summed E-state index contributed by atoms with van der Waals surface area (Å²) in [5, 5.41) is 11.5. The summed E-state index contributed by atoms with van der Waals surface area (Å²) < 4.78 is 10.9. The normalized spacial score (nSPS) is 12.3. The highest BCUT2D eigenvalue weighted by Crippen LogP contribution is 2.17. The van der Waals surface area contributed by atoms with Gasteiger partial charge in [0.15, 0.2) is 0 Å². The second-order valence-corrected chi connectivity index (χ2v) is 4.74. The first kappa shape index (κ1) is 14.5. The molecule has 5 heteroatoms. The Morgan fingerprint density at radius 3 is 2.95 bits per heavy atom. The average molecular weight is 275 g/mol. The lowest BCUT2D eigenvalue weighted by molar-refractivity contribution is 0.396. The molecular formula is C15H21N3O2. The standard InChI is InChI=1S/C15H21N3O2/c1-4-8-16-11(2)15-18-17-14(20-15)10-12-6-5-7-13(9-12)19-3/h5-7,9,11,16H,4,8,10H2,1-3H3. The first-order valence-electron chi connectivity index (χ1n) is 6.91. The summed E-state index contributed by atoms with van der Waals surface area (Å²) in [5.74, 6) is 2.09. The topological polar surface area (TPSA) is 60.2 Å². The van der Waals surface area contributed by atoms with Crippen LogP contribution in [0.5, 0.6) is 5.75 Å². The minimum atomic E-state index is 0.0847. The van der Waals surface area contributed by atoms with Crippen molar-refractivity contribution in [3.8, 4) is 5.75 Å². The van der Waals surface area contributed by atoms with Gasteiger partial charge in [-0.15, -0.1) is 10.2 Å². The molecule has 5 nitrogen and oxygen atoms in total. The van der Waals surface area contributed by atoms with Gasteiger partial charge in [0.1, 0.15) is 5.75 Å². The predicted molar refractivity (Wildman–Crippen MR) is 76.8 cm³/mol. The number of aromatic nitrogens is 2. The van der Waals surface area contributed by atoms with E-state index in [1.807, 2.05) is 31.2 Å². The average Bonchev–Trinajstić information content (AvgIpc) is 2.93. The third-order valence-corrected chi connectivity index (χ3v) is 3.04. The van der Waals surface area contributed by atoms with Gasteiger partial charge in [-0.2, -0.15) is 0 Å². The fourth-order valence-corrected chi connectivity index (χ4v) is 1.92. The van der Waals surface area contributed by atoms with Crippen LogP contribution in [0.25, 0.3) is 0 Å². The van der Waals surface area contributed by atoms with Crippen molar-refractivity contribution in [2.24, 2.45) is 0 Å². The van der Waals surface area contributed by atoms with Gasteiger partial charge in [0.05, 0.1) is 19.6 Å². The second kappa shape index (κ2) is 7.05. The zero-order valence-corrected chi connectivity index (χ0v) is 12.2. The number of nitrogens with zero attached hydrogens (tertiary/aromatic N) is 2. The first-order chi connectivity index (χ1) is 9.72. The highest BCUT2D eigenvalue weighted by atomic mass is 16.5. The number of benzene rings is 1. The lowest BCUT2D eigenvalue weighted by atomic mass is 10.1. The van der Waals surface area contributed by atoms with Crippen LogP contribution in [0.15, 0.2) is 28.7 Å². The molecule has 0 fully saturated rings. The minimum absolute atomic E-state index is 0.0847. The molecule has 2 rings (SSSR count). The van der Waals surface area contributed by atoms with Crippen molar-refractivity contribution in [3.63, 3.8) is 0 Å². The van der Waals surface area contributed by atoms with Crippen molar-refractivity contribution < 1.29 is 9.15 Å². The molecular weight excluding hydrogens is 254 g/mol. The minimum Gasteiger partial charge on any atom is -0.497 e. The van der Waals surface area contributed by atoms with Crippen LogP contribution >= 0.6 is 0 Å². The summed E-state index contributed by atoms with van der Waals surface area (Å²) in [6.07, 6.45) is 1.69. The molecule has 0 bridgehead atoms. The quantitative estimate of drug-likeness (QED) is 0.842. The van der Waals surface area contributed by atoms with Gasteiger partial charge in [-0.3, -0.25) is 0 Å². The van der Waals surface area contributed by atoms with Crippen molar-refractivity contribution in [2.75, 3.05) is 13.7 Å². The fourth-order valence-electron chi connectivity index (χ4n) is 1.92. The number of nitrogens with one attached hydrogen (secondary N) is 1. The molecule has 0 amide bonds. The third-order valence-electron chi connectivity index (χ3n) is 3.04. The maximum atomic E-state index is 5.69. The Hall–Kier alpha value is -1.88. The van der Waals surface area contributed by atoms with E-state index in [4.69, 9.17) is 9.15 Å². The summed E-state index contributed by atoms with van der Waals surface area (Å²) in [5.41, 5.74) is 1.09. The van der Waals surface area contributed by atoms with E-state index in [9.17, 15) is 0 Å². The molecule has 1 atom stereocenters. The summed E-state index contributed by atoms with van der Waals surface area (Å²) in [7, 11) is 1.66. The molecule has 1 aromatic carbocycles. The van der Waals surface area contributed by atoms with Crippen LogP contribution in [0, 0.1) is 0 Å². The third kappa shape index (κ3) is 3.81. The van der Waals surface area contributed by atoms with E-state index in [1.165, 1.54) is 0 Å². The number of hydrogen-bond acceptors (Lipinski definition) is 5. The Balaban J connectivity index is 2.01. The molecule has 2 aromatic rings. The van der Waals surface area contributed by atoms with Gasteiger partial charge in [-0.05, 0) is 37.6 Å². The van der Waals surface area contributed by atoms with E-state index in [0.717, 1.165) is 24.3 Å². The van der Waals surface area contributed by atoms with Gasteiger partial charge in [0.25, 0.3) is 0 Å². The number of methoxy groups -OCH3 is 1. The maximum absolute atomic E-state index is 5.69. The van der Waals surface area contributed by atoms with Crippen LogP contribution in [0.3, 0.4) is 0 Å². The summed E-state index contributed by atoms with van der Waals surface area (Å²) in [4.78, 5) is 0. The maximum Gasteiger partial charge on any atom is 0.233 e. The predicted octanol–water partition coefficient (Wildman–Crippen LogP) is 2.73. The molecule has 0 spiro atoms. The molecule has 1 aromatic heterocycles. The SMILES string of the molecule is CCCNC(C)c1nnc(Cc2cccc(OC)c2)o1. The van der Waals surface area contributed by atoms with Crippen molar-refractivity contribution >= 4 is 0 Å². The largest absolute Gasteiger partial charge is 0.497 e. The van der Waals surface area contributed by atoms with Gasteiger partial charge in [-0.1, -0.05) is 19.1 Å². The molecule has 0 radical (unpaired) electrons. The number of rotatable bonds is 7. The lowest BCUT2D eigenvalue weighted by Gasteiger charge is -2.07. The van der Waals surface area contributed by atoms with E-state index in [1.54, 1.807) is 7.11 Å². The van der Waals surface area contributed by atoms with E-state index >= 15 is 0 Å². The molecule has 0 aliphatic rings. The Morgan fingerprint density at radius 2 is 2.20 bits per heavy atom. The van der Waals surface area contributed by atoms with E-state index in [0.29, 0.717) is 18.2 Å². The monoisotopic (exact) mass is 275 g/mol. The van der Waals surface area contributed by atoms with Crippen LogP contribution in [0.1, 0.15) is 43.7 Å². The van der Waals surface area contributed by atoms with Crippen LogP contribution in [0.4, 0.5) is 0 Å². The van der Waals surface area contributed by atoms with Crippen LogP contribution in [-0.4, -0.2) is 23.9 Å². The Kier molecular flexibility index (Phi) is 5.12. The summed E-state index contributed by atoms with van der Waals surface area (Å²) in [6, 6.07) is 7.95. The van der Waals surface area contributed by atoms with Crippen molar-refractivity contribution in [3.05, 3.63) is 41.6 Å². The summed E-state index contributed by atoms with van der Waals surface area (Å²) in [6.45, 7) is 5.09. The lowest BCUT2D eigenvalue weighted by Crippen LogP contribution is -2.19. The number of hydrogen-bond donors (Lipinski definition) is 1. The van der Waals surface area contributed by atoms with E-state index in [2.05, 4.69) is 22.4 Å². The molecule has 0 saturated carbocycles. The summed E-state index contributed by atoms with van der Waals surface area (Å²) >= 11 is 0. The molecule has 1 N–H and O–H groups in total. The van der Waals surface area contributed by atoms with Crippen LogP contribution in [0.2, 0.25) is 0 Å². The van der Waals surface area contributed by atoms with Gasteiger partial charge >= 0.3 is 0 Å². The Bertz CT molecular complexity index is 539. The van der Waals surface area contributed by atoms with E-state index in [-0.39, 0.29) is 6.04 Å².